The number of rotatable bonds is 4. The van der Waals surface area contributed by atoms with Gasteiger partial charge < -0.3 is 5.32 Å². The topological polar surface area (TPSA) is 76.9 Å². The molecule has 6 nitrogen and oxygen atoms in total. The van der Waals surface area contributed by atoms with E-state index in [4.69, 9.17) is 22.3 Å². The lowest BCUT2D eigenvalue weighted by molar-refractivity contribution is 0.536. The van der Waals surface area contributed by atoms with Crippen molar-refractivity contribution in [2.75, 3.05) is 12.4 Å². The fraction of sp³-hybridized carbons (Fsp3) is 0.273. The van der Waals surface area contributed by atoms with Crippen LogP contribution in [0, 0.1) is 6.08 Å². The second kappa shape index (κ2) is 5.78. The number of anilines is 1. The highest BCUT2D eigenvalue weighted by Crippen LogP contribution is 2.31. The van der Waals surface area contributed by atoms with Crippen LogP contribution in [0.1, 0.15) is 12.5 Å². The van der Waals surface area contributed by atoms with Gasteiger partial charge in [-0.25, -0.2) is 8.42 Å². The van der Waals surface area contributed by atoms with Crippen molar-refractivity contribution in [1.29, 1.82) is 0 Å². The van der Waals surface area contributed by atoms with E-state index in [1.807, 2.05) is 0 Å². The normalized spacial score (nSPS) is 11.7. The maximum absolute atomic E-state index is 13.2. The van der Waals surface area contributed by atoms with Crippen molar-refractivity contribution in [2.24, 2.45) is 0 Å². The highest BCUT2D eigenvalue weighted by Gasteiger charge is 2.21. The molecular weight excluding hydrogens is 342 g/mol. The number of hydrogen-bond acceptors (Lipinski definition) is 5. The van der Waals surface area contributed by atoms with Gasteiger partial charge in [0.15, 0.2) is 0 Å². The Morgan fingerprint density at radius 2 is 2.10 bits per heavy atom. The number of nitrogens with zero attached hydrogens (tertiary/aromatic N) is 3. The molecule has 1 aromatic heterocycles. The zero-order chi connectivity index (χ0) is 15.8. The van der Waals surface area contributed by atoms with Crippen molar-refractivity contribution in [1.82, 2.24) is 14.8 Å². The minimum Gasteiger partial charge on any atom is -0.357 e. The predicted octanol–water partition coefficient (Wildman–Crippen LogP) is 2.59. The molecule has 1 aromatic carbocycles. The molecule has 0 aliphatic rings. The third-order valence-electron chi connectivity index (χ3n) is 2.81. The molecule has 2 rings (SSSR count). The average molecular weight is 353 g/mol. The summed E-state index contributed by atoms with van der Waals surface area (Å²) in [6, 6.07) is 2.71. The molecule has 0 aliphatic carbocycles. The van der Waals surface area contributed by atoms with Gasteiger partial charge in [0.1, 0.15) is 0 Å². The van der Waals surface area contributed by atoms with E-state index in [0.29, 0.717) is 12.0 Å². The minimum atomic E-state index is -3.97. The first kappa shape index (κ1) is 16.0. The molecule has 0 amide bonds. The SMILES string of the molecule is CCc1cc(Cl)c(-n2nc(F)nc2NC)cc1S(=O)(=O)Cl. The Morgan fingerprint density at radius 3 is 2.62 bits per heavy atom. The van der Waals surface area contributed by atoms with Crippen LogP contribution in [0.25, 0.3) is 5.69 Å². The van der Waals surface area contributed by atoms with Crippen molar-refractivity contribution in [3.8, 4) is 5.69 Å². The number of halogens is 3. The number of hydrogen-bond donors (Lipinski definition) is 1. The Morgan fingerprint density at radius 1 is 1.43 bits per heavy atom. The molecule has 0 bridgehead atoms. The largest absolute Gasteiger partial charge is 0.357 e. The molecule has 0 saturated heterocycles. The van der Waals surface area contributed by atoms with E-state index in [1.54, 1.807) is 6.92 Å². The number of nitrogens with one attached hydrogen (secondary N) is 1. The van der Waals surface area contributed by atoms with E-state index in [0.717, 1.165) is 4.68 Å². The van der Waals surface area contributed by atoms with Crippen molar-refractivity contribution in [3.63, 3.8) is 0 Å². The van der Waals surface area contributed by atoms with Crippen LogP contribution in [-0.2, 0) is 15.5 Å². The second-order valence-electron chi connectivity index (χ2n) is 4.07. The van der Waals surface area contributed by atoms with E-state index in [1.165, 1.54) is 19.2 Å². The third-order valence-corrected chi connectivity index (χ3v) is 4.51. The van der Waals surface area contributed by atoms with Gasteiger partial charge >= 0.3 is 6.08 Å². The lowest BCUT2D eigenvalue weighted by atomic mass is 10.1. The summed E-state index contributed by atoms with van der Waals surface area (Å²) in [5.74, 6) is 0.0802. The van der Waals surface area contributed by atoms with E-state index >= 15 is 0 Å². The van der Waals surface area contributed by atoms with Gasteiger partial charge in [-0.3, -0.25) is 0 Å². The quantitative estimate of drug-likeness (QED) is 0.855. The summed E-state index contributed by atoms with van der Waals surface area (Å²) in [5.41, 5.74) is 0.624. The highest BCUT2D eigenvalue weighted by molar-refractivity contribution is 8.13. The summed E-state index contributed by atoms with van der Waals surface area (Å²) in [6.07, 6.45) is -0.545. The molecule has 10 heteroatoms. The molecule has 0 spiro atoms. The third kappa shape index (κ3) is 3.12. The molecular formula is C11H11Cl2FN4O2S. The lowest BCUT2D eigenvalue weighted by Gasteiger charge is -2.11. The molecule has 0 fully saturated rings. The Labute approximate surface area is 130 Å². The van der Waals surface area contributed by atoms with Gasteiger partial charge in [0, 0.05) is 17.7 Å². The van der Waals surface area contributed by atoms with E-state index in [9.17, 15) is 12.8 Å². The van der Waals surface area contributed by atoms with Gasteiger partial charge in [-0.05, 0) is 24.1 Å². The molecule has 0 unspecified atom stereocenters. The molecule has 0 atom stereocenters. The van der Waals surface area contributed by atoms with Crippen LogP contribution in [-0.4, -0.2) is 30.2 Å². The molecule has 1 N–H and O–H groups in total. The summed E-state index contributed by atoms with van der Waals surface area (Å²) in [6.45, 7) is 1.77. The van der Waals surface area contributed by atoms with Crippen LogP contribution in [0.5, 0.6) is 0 Å². The number of aryl methyl sites for hydroxylation is 1. The summed E-state index contributed by atoms with van der Waals surface area (Å²) < 4.78 is 37.6. The maximum atomic E-state index is 13.2. The first-order valence-electron chi connectivity index (χ1n) is 5.85. The second-order valence-corrected chi connectivity index (χ2v) is 7.01. The summed E-state index contributed by atoms with van der Waals surface area (Å²) in [4.78, 5) is 3.42. The molecule has 0 saturated carbocycles. The Balaban J connectivity index is 2.75. The number of benzene rings is 1. The van der Waals surface area contributed by atoms with Crippen LogP contribution in [0.15, 0.2) is 17.0 Å². The molecule has 0 radical (unpaired) electrons. The predicted molar refractivity (Wildman–Crippen MR) is 78.3 cm³/mol. The molecule has 2 aromatic rings. The first-order chi connectivity index (χ1) is 9.77. The van der Waals surface area contributed by atoms with Crippen LogP contribution < -0.4 is 5.32 Å². The van der Waals surface area contributed by atoms with Gasteiger partial charge in [0.2, 0.25) is 5.95 Å². The minimum absolute atomic E-state index is 0.0802. The average Bonchev–Trinajstić information content (AvgIpc) is 2.77. The zero-order valence-corrected chi connectivity index (χ0v) is 13.4. The van der Waals surface area contributed by atoms with Crippen LogP contribution >= 0.6 is 22.3 Å². The lowest BCUT2D eigenvalue weighted by Crippen LogP contribution is -2.06. The highest BCUT2D eigenvalue weighted by atomic mass is 35.7. The Kier molecular flexibility index (Phi) is 4.40. The Hall–Kier alpha value is -1.38. The van der Waals surface area contributed by atoms with Crippen LogP contribution in [0.3, 0.4) is 0 Å². The van der Waals surface area contributed by atoms with E-state index in [-0.39, 0.29) is 21.6 Å². The van der Waals surface area contributed by atoms with Gasteiger partial charge in [-0.15, -0.1) is 5.10 Å². The molecule has 21 heavy (non-hydrogen) atoms. The fourth-order valence-electron chi connectivity index (χ4n) is 1.87. The van der Waals surface area contributed by atoms with Crippen molar-refractivity contribution < 1.29 is 12.8 Å². The fourth-order valence-corrected chi connectivity index (χ4v) is 3.33. The zero-order valence-electron chi connectivity index (χ0n) is 11.1. The smallest absolute Gasteiger partial charge is 0.329 e. The van der Waals surface area contributed by atoms with Crippen molar-refractivity contribution in [2.45, 2.75) is 18.2 Å². The summed E-state index contributed by atoms with van der Waals surface area (Å²) in [5, 5.41) is 6.39. The van der Waals surface area contributed by atoms with E-state index in [2.05, 4.69) is 15.4 Å². The molecule has 114 valence electrons. The summed E-state index contributed by atoms with van der Waals surface area (Å²) >= 11 is 6.13. The molecule has 1 heterocycles. The van der Waals surface area contributed by atoms with E-state index < -0.39 is 15.1 Å². The summed E-state index contributed by atoms with van der Waals surface area (Å²) in [7, 11) is 2.98. The van der Waals surface area contributed by atoms with Crippen LogP contribution in [0.4, 0.5) is 10.3 Å². The van der Waals surface area contributed by atoms with Crippen molar-refractivity contribution in [3.05, 3.63) is 28.8 Å². The van der Waals surface area contributed by atoms with Gasteiger partial charge in [-0.1, -0.05) is 18.5 Å². The number of aromatic nitrogens is 3. The first-order valence-corrected chi connectivity index (χ1v) is 8.54. The van der Waals surface area contributed by atoms with Crippen molar-refractivity contribution >= 4 is 37.3 Å². The van der Waals surface area contributed by atoms with Crippen LogP contribution in [0.2, 0.25) is 5.02 Å². The monoisotopic (exact) mass is 352 g/mol. The van der Waals surface area contributed by atoms with Gasteiger partial charge in [0.25, 0.3) is 9.05 Å². The maximum Gasteiger partial charge on any atom is 0.329 e. The standard InChI is InChI=1S/C11H11Cl2FN4O2S/c1-3-6-4-7(12)8(5-9(6)21(13,19)20)18-11(15-2)16-10(14)17-18/h4-5H,3H2,1-2H3,(H,15,16,17). The molecule has 0 aliphatic heterocycles. The van der Waals surface area contributed by atoms with Gasteiger partial charge in [-0.2, -0.15) is 14.1 Å². The van der Waals surface area contributed by atoms with Gasteiger partial charge in [0.05, 0.1) is 15.6 Å². The Bertz CT molecular complexity index is 792.